The molecule has 2 aromatic carbocycles. The molecule has 1 unspecified atom stereocenters. The van der Waals surface area contributed by atoms with Crippen molar-refractivity contribution < 1.29 is 15.3 Å². The molecule has 0 amide bonds. The van der Waals surface area contributed by atoms with Crippen molar-refractivity contribution in [2.75, 3.05) is 5.75 Å². The van der Waals surface area contributed by atoms with Crippen LogP contribution in [0.5, 0.6) is 0 Å². The zero-order valence-corrected chi connectivity index (χ0v) is 22.0. The van der Waals surface area contributed by atoms with Crippen molar-refractivity contribution in [3.8, 4) is 0 Å². The van der Waals surface area contributed by atoms with E-state index in [1.54, 1.807) is 11.8 Å². The van der Waals surface area contributed by atoms with E-state index in [-0.39, 0.29) is 30.1 Å². The van der Waals surface area contributed by atoms with E-state index in [1.807, 2.05) is 18.2 Å². The van der Waals surface area contributed by atoms with Crippen LogP contribution in [0.25, 0.3) is 6.08 Å². The molecule has 0 bridgehead atoms. The van der Waals surface area contributed by atoms with Gasteiger partial charge in [-0.3, -0.25) is 0 Å². The maximum Gasteiger partial charge on any atom is 0.0685 e. The van der Waals surface area contributed by atoms with Gasteiger partial charge in [-0.15, -0.1) is 11.8 Å². The van der Waals surface area contributed by atoms with E-state index in [0.717, 1.165) is 36.0 Å². The number of rotatable bonds is 11. The van der Waals surface area contributed by atoms with Gasteiger partial charge in [0.2, 0.25) is 0 Å². The first-order chi connectivity index (χ1) is 15.6. The van der Waals surface area contributed by atoms with Gasteiger partial charge in [-0.2, -0.15) is 0 Å². The van der Waals surface area contributed by atoms with Crippen LogP contribution in [-0.2, 0) is 25.0 Å². The summed E-state index contributed by atoms with van der Waals surface area (Å²) in [5.41, 5.74) is 5.02. The SMILES string of the molecule is CCc1cc(C(/C=C/c2ccc(CO)c(CO)c2)(CC)CC)ccc1SCC(O)C(C)(C)C. The lowest BCUT2D eigenvalue weighted by molar-refractivity contribution is 0.0843. The van der Waals surface area contributed by atoms with Gasteiger partial charge < -0.3 is 15.3 Å². The molecule has 33 heavy (non-hydrogen) atoms. The first-order valence-corrected chi connectivity index (χ1v) is 13.1. The van der Waals surface area contributed by atoms with Crippen LogP contribution >= 0.6 is 11.8 Å². The second kappa shape index (κ2) is 12.2. The Morgan fingerprint density at radius 3 is 2.09 bits per heavy atom. The molecule has 0 aliphatic heterocycles. The molecule has 0 heterocycles. The first-order valence-electron chi connectivity index (χ1n) is 12.1. The predicted molar refractivity (Wildman–Crippen MR) is 142 cm³/mol. The molecule has 2 rings (SSSR count). The number of allylic oxidation sites excluding steroid dienone is 1. The lowest BCUT2D eigenvalue weighted by Gasteiger charge is -2.30. The minimum atomic E-state index is -0.346. The van der Waals surface area contributed by atoms with Crippen LogP contribution in [0.1, 0.15) is 82.2 Å². The molecule has 0 aliphatic carbocycles. The molecule has 1 atom stereocenters. The van der Waals surface area contributed by atoms with Gasteiger partial charge in [0.05, 0.1) is 19.3 Å². The first kappa shape index (κ1) is 27.7. The maximum atomic E-state index is 10.5. The summed E-state index contributed by atoms with van der Waals surface area (Å²) in [5, 5.41) is 29.5. The highest BCUT2D eigenvalue weighted by molar-refractivity contribution is 7.99. The van der Waals surface area contributed by atoms with E-state index in [1.165, 1.54) is 16.0 Å². The van der Waals surface area contributed by atoms with E-state index in [2.05, 4.69) is 71.9 Å². The Balaban J connectivity index is 2.34. The van der Waals surface area contributed by atoms with Gasteiger partial charge in [-0.25, -0.2) is 0 Å². The lowest BCUT2D eigenvalue weighted by atomic mass is 9.75. The van der Waals surface area contributed by atoms with Gasteiger partial charge in [-0.05, 0) is 64.6 Å². The summed E-state index contributed by atoms with van der Waals surface area (Å²) in [7, 11) is 0. The third-order valence-corrected chi connectivity index (χ3v) is 8.03. The number of thioether (sulfide) groups is 1. The van der Waals surface area contributed by atoms with Gasteiger partial charge in [0.15, 0.2) is 0 Å². The van der Waals surface area contributed by atoms with Crippen molar-refractivity contribution >= 4 is 17.8 Å². The number of aliphatic hydroxyl groups excluding tert-OH is 3. The van der Waals surface area contributed by atoms with Crippen LogP contribution in [0, 0.1) is 5.41 Å². The fraction of sp³-hybridized carbons (Fsp3) is 0.517. The molecule has 0 aliphatic rings. The van der Waals surface area contributed by atoms with Gasteiger partial charge in [0.25, 0.3) is 0 Å². The van der Waals surface area contributed by atoms with E-state index in [0.29, 0.717) is 5.75 Å². The summed E-state index contributed by atoms with van der Waals surface area (Å²) < 4.78 is 0. The molecule has 0 saturated carbocycles. The molecule has 2 aromatic rings. The molecule has 3 nitrogen and oxygen atoms in total. The quantitative estimate of drug-likeness (QED) is 0.328. The zero-order valence-electron chi connectivity index (χ0n) is 21.2. The van der Waals surface area contributed by atoms with Crippen LogP contribution in [0.15, 0.2) is 47.4 Å². The number of hydrogen-bond donors (Lipinski definition) is 3. The fourth-order valence-electron chi connectivity index (χ4n) is 4.02. The molecular formula is C29H42O3S. The normalized spacial score (nSPS) is 13.6. The Bertz CT molecular complexity index is 923. The second-order valence-electron chi connectivity index (χ2n) is 9.91. The van der Waals surface area contributed by atoms with Gasteiger partial charge in [0.1, 0.15) is 0 Å². The van der Waals surface area contributed by atoms with E-state index in [4.69, 9.17) is 0 Å². The van der Waals surface area contributed by atoms with E-state index >= 15 is 0 Å². The number of aryl methyl sites for hydroxylation is 1. The molecule has 0 radical (unpaired) electrons. The Morgan fingerprint density at radius 2 is 1.55 bits per heavy atom. The summed E-state index contributed by atoms with van der Waals surface area (Å²) in [6, 6.07) is 12.7. The number of benzene rings is 2. The number of hydrogen-bond acceptors (Lipinski definition) is 4. The van der Waals surface area contributed by atoms with Crippen LogP contribution in [-0.4, -0.2) is 27.2 Å². The van der Waals surface area contributed by atoms with Crippen LogP contribution < -0.4 is 0 Å². The molecule has 0 saturated heterocycles. The van der Waals surface area contributed by atoms with E-state index in [9.17, 15) is 15.3 Å². The smallest absolute Gasteiger partial charge is 0.0685 e. The Hall–Kier alpha value is -1.59. The Labute approximate surface area is 205 Å². The molecule has 4 heteroatoms. The van der Waals surface area contributed by atoms with E-state index < -0.39 is 0 Å². The average molecular weight is 471 g/mol. The lowest BCUT2D eigenvalue weighted by Crippen LogP contribution is -2.28. The van der Waals surface area contributed by atoms with Crippen molar-refractivity contribution in [1.82, 2.24) is 0 Å². The molecule has 0 aromatic heterocycles. The van der Waals surface area contributed by atoms with Gasteiger partial charge in [-0.1, -0.05) is 78.0 Å². The van der Waals surface area contributed by atoms with Crippen molar-refractivity contribution in [1.29, 1.82) is 0 Å². The third-order valence-electron chi connectivity index (χ3n) is 6.84. The van der Waals surface area contributed by atoms with Crippen molar-refractivity contribution in [2.45, 2.75) is 90.4 Å². The predicted octanol–water partition coefficient (Wildman–Crippen LogP) is 6.50. The summed E-state index contributed by atoms with van der Waals surface area (Å²) in [6.07, 6.45) is 7.02. The minimum absolute atomic E-state index is 0.0648. The topological polar surface area (TPSA) is 60.7 Å². The van der Waals surface area contributed by atoms with Gasteiger partial charge >= 0.3 is 0 Å². The molecule has 0 fully saturated rings. The Morgan fingerprint density at radius 1 is 0.879 bits per heavy atom. The average Bonchev–Trinajstić information content (AvgIpc) is 2.82. The molecular weight excluding hydrogens is 428 g/mol. The summed E-state index contributed by atoms with van der Waals surface area (Å²) in [6.45, 7) is 12.7. The van der Waals surface area contributed by atoms with Crippen LogP contribution in [0.4, 0.5) is 0 Å². The summed E-state index contributed by atoms with van der Waals surface area (Å²) in [4.78, 5) is 1.25. The summed E-state index contributed by atoms with van der Waals surface area (Å²) >= 11 is 1.75. The maximum absolute atomic E-state index is 10.5. The largest absolute Gasteiger partial charge is 0.392 e. The fourth-order valence-corrected chi connectivity index (χ4v) is 5.41. The minimum Gasteiger partial charge on any atom is -0.392 e. The monoisotopic (exact) mass is 470 g/mol. The zero-order chi connectivity index (χ0) is 24.6. The van der Waals surface area contributed by atoms with Crippen molar-refractivity contribution in [3.63, 3.8) is 0 Å². The van der Waals surface area contributed by atoms with Crippen molar-refractivity contribution in [2.24, 2.45) is 5.41 Å². The molecule has 182 valence electrons. The van der Waals surface area contributed by atoms with Crippen LogP contribution in [0.3, 0.4) is 0 Å². The number of aliphatic hydroxyl groups is 3. The second-order valence-corrected chi connectivity index (χ2v) is 11.0. The Kier molecular flexibility index (Phi) is 10.2. The standard InChI is InChI=1S/C29H42O3S/c1-7-22-17-25(12-13-26(22)33-20-27(32)28(4,5)6)29(8-2,9-3)15-14-21-10-11-23(18-30)24(16-21)19-31/h10-17,27,30-32H,7-9,18-20H2,1-6H3/b15-14+. The highest BCUT2D eigenvalue weighted by Crippen LogP contribution is 2.37. The van der Waals surface area contributed by atoms with Crippen LogP contribution in [0.2, 0.25) is 0 Å². The van der Waals surface area contributed by atoms with Crippen molar-refractivity contribution in [3.05, 3.63) is 70.3 Å². The summed E-state index contributed by atoms with van der Waals surface area (Å²) in [5.74, 6) is 0.694. The highest BCUT2D eigenvalue weighted by Gasteiger charge is 2.27. The van der Waals surface area contributed by atoms with Gasteiger partial charge in [0, 0.05) is 16.1 Å². The highest BCUT2D eigenvalue weighted by atomic mass is 32.2. The molecule has 3 N–H and O–H groups in total. The third kappa shape index (κ3) is 6.95. The molecule has 0 spiro atoms.